The van der Waals surface area contributed by atoms with Gasteiger partial charge in [-0.15, -0.1) is 0 Å². The first-order chi connectivity index (χ1) is 8.72. The summed E-state index contributed by atoms with van der Waals surface area (Å²) < 4.78 is 22.4. The van der Waals surface area contributed by atoms with E-state index in [1.54, 1.807) is 7.11 Å². The third kappa shape index (κ3) is 10.7. The van der Waals surface area contributed by atoms with E-state index in [0.717, 1.165) is 25.3 Å². The van der Waals surface area contributed by atoms with Crippen molar-refractivity contribution in [2.45, 2.75) is 51.7 Å². The lowest BCUT2D eigenvalue weighted by atomic mass is 10.4. The zero-order valence-electron chi connectivity index (χ0n) is 13.7. The summed E-state index contributed by atoms with van der Waals surface area (Å²) in [6.45, 7) is 12.3. The van der Waals surface area contributed by atoms with E-state index >= 15 is 0 Å². The Kier molecular flexibility index (Phi) is 9.39. The van der Waals surface area contributed by atoms with Gasteiger partial charge in [-0.3, -0.25) is 0 Å². The first-order valence-corrected chi connectivity index (χ1v) is 13.2. The van der Waals surface area contributed by atoms with Gasteiger partial charge in [0.2, 0.25) is 8.32 Å². The predicted octanol–water partition coefficient (Wildman–Crippen LogP) is 3.04. The Balaban J connectivity index is 3.58. The summed E-state index contributed by atoms with van der Waals surface area (Å²) in [5.74, 6) is 0. The molecule has 0 N–H and O–H groups in total. The maximum absolute atomic E-state index is 5.75. The number of rotatable bonds is 11. The first kappa shape index (κ1) is 19.3. The van der Waals surface area contributed by atoms with Crippen molar-refractivity contribution in [3.05, 3.63) is 0 Å². The SMILES string of the molecule is CO[Si](C)(C)CCCOC(C)COC[Si](C)(C)OC. The fourth-order valence-electron chi connectivity index (χ4n) is 1.46. The number of hydrogen-bond acceptors (Lipinski definition) is 4. The molecule has 0 amide bonds. The molecule has 116 valence electrons. The fourth-order valence-corrected chi connectivity index (χ4v) is 3.39. The van der Waals surface area contributed by atoms with Crippen molar-refractivity contribution in [2.75, 3.05) is 33.7 Å². The van der Waals surface area contributed by atoms with Crippen LogP contribution in [0.4, 0.5) is 0 Å². The summed E-state index contributed by atoms with van der Waals surface area (Å²) in [4.78, 5) is 0. The average molecular weight is 309 g/mol. The molecule has 6 heteroatoms. The van der Waals surface area contributed by atoms with Crippen LogP contribution in [0.15, 0.2) is 0 Å². The highest BCUT2D eigenvalue weighted by Crippen LogP contribution is 2.12. The lowest BCUT2D eigenvalue weighted by molar-refractivity contribution is 0.00142. The molecular weight excluding hydrogens is 276 g/mol. The molecule has 0 saturated heterocycles. The molecule has 0 bridgehead atoms. The summed E-state index contributed by atoms with van der Waals surface area (Å²) in [5, 5.41) is 0. The topological polar surface area (TPSA) is 36.9 Å². The van der Waals surface area contributed by atoms with Crippen LogP contribution in [0.25, 0.3) is 0 Å². The van der Waals surface area contributed by atoms with Gasteiger partial charge in [-0.2, -0.15) is 0 Å². The largest absolute Gasteiger partial charge is 0.420 e. The van der Waals surface area contributed by atoms with Gasteiger partial charge in [-0.1, -0.05) is 0 Å². The zero-order chi connectivity index (χ0) is 14.9. The van der Waals surface area contributed by atoms with Crippen molar-refractivity contribution in [1.82, 2.24) is 0 Å². The Bertz CT molecular complexity index is 235. The monoisotopic (exact) mass is 308 g/mol. The van der Waals surface area contributed by atoms with Crippen molar-refractivity contribution in [3.63, 3.8) is 0 Å². The quantitative estimate of drug-likeness (QED) is 0.434. The summed E-state index contributed by atoms with van der Waals surface area (Å²) in [5.41, 5.74) is 0. The van der Waals surface area contributed by atoms with Gasteiger partial charge in [-0.25, -0.2) is 0 Å². The molecule has 0 aliphatic carbocycles. The third-order valence-electron chi connectivity index (χ3n) is 3.23. The molecule has 0 heterocycles. The zero-order valence-corrected chi connectivity index (χ0v) is 15.7. The smallest absolute Gasteiger partial charge is 0.211 e. The van der Waals surface area contributed by atoms with Crippen LogP contribution in [-0.4, -0.2) is 56.4 Å². The average Bonchev–Trinajstić information content (AvgIpc) is 2.34. The molecule has 0 aliphatic rings. The van der Waals surface area contributed by atoms with E-state index in [-0.39, 0.29) is 6.10 Å². The lowest BCUT2D eigenvalue weighted by Crippen LogP contribution is -2.36. The minimum atomic E-state index is -1.60. The molecule has 0 fully saturated rings. The molecule has 0 aromatic heterocycles. The first-order valence-electron chi connectivity index (χ1n) is 7.02. The predicted molar refractivity (Wildman–Crippen MR) is 84.6 cm³/mol. The van der Waals surface area contributed by atoms with Gasteiger partial charge in [-0.05, 0) is 45.6 Å². The Morgan fingerprint density at radius 3 is 2.05 bits per heavy atom. The van der Waals surface area contributed by atoms with Gasteiger partial charge >= 0.3 is 0 Å². The highest BCUT2D eigenvalue weighted by atomic mass is 28.4. The van der Waals surface area contributed by atoms with Crippen LogP contribution in [-0.2, 0) is 18.3 Å². The molecule has 1 unspecified atom stereocenters. The molecule has 0 aliphatic heterocycles. The second-order valence-corrected chi connectivity index (χ2v) is 14.9. The van der Waals surface area contributed by atoms with Gasteiger partial charge < -0.3 is 18.3 Å². The van der Waals surface area contributed by atoms with Gasteiger partial charge in [0.25, 0.3) is 0 Å². The maximum atomic E-state index is 5.75. The van der Waals surface area contributed by atoms with Crippen molar-refractivity contribution in [1.29, 1.82) is 0 Å². The highest BCUT2D eigenvalue weighted by molar-refractivity contribution is 6.71. The molecule has 0 radical (unpaired) electrons. The van der Waals surface area contributed by atoms with E-state index in [1.165, 1.54) is 0 Å². The van der Waals surface area contributed by atoms with Gasteiger partial charge in [0.1, 0.15) is 0 Å². The normalized spacial score (nSPS) is 14.7. The molecule has 0 rings (SSSR count). The summed E-state index contributed by atoms with van der Waals surface area (Å²) in [6, 6.07) is 1.14. The third-order valence-corrected chi connectivity index (χ3v) is 7.90. The fraction of sp³-hybridized carbons (Fsp3) is 1.00. The Labute approximate surface area is 121 Å². The summed E-state index contributed by atoms with van der Waals surface area (Å²) >= 11 is 0. The van der Waals surface area contributed by atoms with Crippen LogP contribution in [0.5, 0.6) is 0 Å². The van der Waals surface area contributed by atoms with E-state index in [1.807, 2.05) is 7.11 Å². The Morgan fingerprint density at radius 2 is 1.53 bits per heavy atom. The summed E-state index contributed by atoms with van der Waals surface area (Å²) in [6.07, 6.45) is 1.94. The van der Waals surface area contributed by atoms with Gasteiger partial charge in [0.15, 0.2) is 8.32 Å². The van der Waals surface area contributed by atoms with Crippen LogP contribution < -0.4 is 0 Å². The highest BCUT2D eigenvalue weighted by Gasteiger charge is 2.21. The molecule has 0 aromatic rings. The van der Waals surface area contributed by atoms with Crippen LogP contribution in [0.2, 0.25) is 32.2 Å². The van der Waals surface area contributed by atoms with Gasteiger partial charge in [0.05, 0.1) is 18.9 Å². The van der Waals surface area contributed by atoms with Crippen molar-refractivity contribution < 1.29 is 18.3 Å². The molecule has 0 spiro atoms. The second kappa shape index (κ2) is 9.25. The minimum Gasteiger partial charge on any atom is -0.420 e. The van der Waals surface area contributed by atoms with E-state index in [4.69, 9.17) is 18.3 Å². The van der Waals surface area contributed by atoms with E-state index in [0.29, 0.717) is 6.61 Å². The van der Waals surface area contributed by atoms with E-state index < -0.39 is 16.6 Å². The van der Waals surface area contributed by atoms with Crippen LogP contribution in [0, 0.1) is 0 Å². The van der Waals surface area contributed by atoms with Crippen molar-refractivity contribution >= 4 is 16.6 Å². The van der Waals surface area contributed by atoms with Crippen molar-refractivity contribution in [3.8, 4) is 0 Å². The summed E-state index contributed by atoms with van der Waals surface area (Å²) in [7, 11) is 0.544. The van der Waals surface area contributed by atoms with E-state index in [2.05, 4.69) is 33.1 Å². The van der Waals surface area contributed by atoms with Crippen LogP contribution in [0.3, 0.4) is 0 Å². The molecule has 19 heavy (non-hydrogen) atoms. The van der Waals surface area contributed by atoms with Crippen LogP contribution in [0.1, 0.15) is 13.3 Å². The Morgan fingerprint density at radius 1 is 0.947 bits per heavy atom. The lowest BCUT2D eigenvalue weighted by Gasteiger charge is -2.22. The molecule has 1 atom stereocenters. The van der Waals surface area contributed by atoms with E-state index in [9.17, 15) is 0 Å². The maximum Gasteiger partial charge on any atom is 0.211 e. The molecule has 0 aromatic carbocycles. The standard InChI is InChI=1S/C13H32O4Si2/c1-13(11-16-12-19(6,7)15-3)17-9-8-10-18(4,5)14-2/h13H,8-12H2,1-7H3. The number of hydrogen-bond donors (Lipinski definition) is 0. The molecule has 0 saturated carbocycles. The van der Waals surface area contributed by atoms with Crippen molar-refractivity contribution in [2.24, 2.45) is 0 Å². The molecular formula is C13H32O4Si2. The molecule has 4 nitrogen and oxygen atoms in total. The number of ether oxygens (including phenoxy) is 2. The van der Waals surface area contributed by atoms with Gasteiger partial charge in [0, 0.05) is 20.8 Å². The Hall–Kier alpha value is 0.274. The van der Waals surface area contributed by atoms with Crippen LogP contribution >= 0.6 is 0 Å². The minimum absolute atomic E-state index is 0.147. The second-order valence-electron chi connectivity index (χ2n) is 6.23.